The van der Waals surface area contributed by atoms with Crippen molar-refractivity contribution in [3.05, 3.63) is 11.6 Å². The van der Waals surface area contributed by atoms with Gasteiger partial charge in [-0.25, -0.2) is 9.36 Å². The molecule has 0 saturated heterocycles. The van der Waals surface area contributed by atoms with E-state index in [-0.39, 0.29) is 24.2 Å². The number of allylic oxidation sites excluding steroid dienone is 1. The number of fused-ring (bicyclic) bond motifs is 5. The number of rotatable bonds is 15. The minimum absolute atomic E-state index is 0.0283. The third-order valence-electron chi connectivity index (χ3n) is 12.4. The maximum Gasteiger partial charge on any atom is 0.471 e. The Morgan fingerprint density at radius 2 is 1.79 bits per heavy atom. The average molecular weight is 624 g/mol. The van der Waals surface area contributed by atoms with Gasteiger partial charge in [0.25, 0.3) is 0 Å². The number of alkyl carbamates (subject to hydrolysis) is 1. The van der Waals surface area contributed by atoms with Crippen LogP contribution in [0.2, 0.25) is 0 Å². The van der Waals surface area contributed by atoms with Gasteiger partial charge in [-0.15, -0.1) is 0 Å². The summed E-state index contributed by atoms with van der Waals surface area (Å²) >= 11 is 0. The maximum absolute atomic E-state index is 12.6. The molecular formula is C35H62NO6P. The van der Waals surface area contributed by atoms with Crippen molar-refractivity contribution in [2.24, 2.45) is 46.3 Å². The van der Waals surface area contributed by atoms with E-state index in [1.807, 2.05) is 0 Å². The lowest BCUT2D eigenvalue weighted by Gasteiger charge is -2.58. The molecule has 4 rings (SSSR count). The van der Waals surface area contributed by atoms with E-state index in [1.165, 1.54) is 51.4 Å². The maximum atomic E-state index is 12.6. The molecule has 3 saturated carbocycles. The van der Waals surface area contributed by atoms with Crippen LogP contribution in [0.5, 0.6) is 0 Å². The number of phosphoric ester groups is 1. The minimum Gasteiger partial charge on any atom is -0.446 e. The van der Waals surface area contributed by atoms with Crippen molar-refractivity contribution in [1.29, 1.82) is 0 Å². The minimum atomic E-state index is -3.88. The second-order valence-electron chi connectivity index (χ2n) is 15.4. The van der Waals surface area contributed by atoms with E-state index >= 15 is 0 Å². The van der Waals surface area contributed by atoms with E-state index in [9.17, 15) is 14.3 Å². The third kappa shape index (κ3) is 8.48. The highest BCUT2D eigenvalue weighted by molar-refractivity contribution is 7.47. The molecular weight excluding hydrogens is 561 g/mol. The molecule has 4 aliphatic carbocycles. The number of amides is 1. The van der Waals surface area contributed by atoms with E-state index in [1.54, 1.807) is 5.57 Å². The van der Waals surface area contributed by atoms with Crippen LogP contribution < -0.4 is 5.32 Å². The predicted molar refractivity (Wildman–Crippen MR) is 173 cm³/mol. The SMILES string of the molecule is COP(=O)(O)OCCCCCCNC(=O)O[C@H]1CC[C@@]2(C)C(=CC[C@H]3[C@@H]4CC[C@H]([C@H](C)CCCC(C)C)[C@@]4(C)CC[C@@H]32)C1. The van der Waals surface area contributed by atoms with Crippen molar-refractivity contribution in [1.82, 2.24) is 5.32 Å². The van der Waals surface area contributed by atoms with Crippen LogP contribution in [0.25, 0.3) is 0 Å². The monoisotopic (exact) mass is 623 g/mol. The number of hydrogen-bond acceptors (Lipinski definition) is 5. The van der Waals surface area contributed by atoms with Gasteiger partial charge in [-0.05, 0) is 104 Å². The number of ether oxygens (including phenoxy) is 1. The van der Waals surface area contributed by atoms with Crippen molar-refractivity contribution < 1.29 is 28.0 Å². The zero-order valence-electron chi connectivity index (χ0n) is 28.1. The highest BCUT2D eigenvalue weighted by Gasteiger charge is 2.59. The normalized spacial score (nSPS) is 35.7. The number of carbonyl (C=O) groups excluding carboxylic acids is 1. The van der Waals surface area contributed by atoms with Gasteiger partial charge >= 0.3 is 13.9 Å². The van der Waals surface area contributed by atoms with Crippen molar-refractivity contribution in [3.8, 4) is 0 Å². The molecule has 0 spiro atoms. The number of nitrogens with one attached hydrogen (secondary N) is 1. The molecule has 3 fully saturated rings. The lowest BCUT2D eigenvalue weighted by atomic mass is 9.47. The van der Waals surface area contributed by atoms with Gasteiger partial charge in [0.15, 0.2) is 0 Å². The summed E-state index contributed by atoms with van der Waals surface area (Å²) in [5.41, 5.74) is 2.33. The molecule has 8 heteroatoms. The van der Waals surface area contributed by atoms with Gasteiger partial charge in [-0.3, -0.25) is 9.05 Å². The fourth-order valence-corrected chi connectivity index (χ4v) is 10.4. The summed E-state index contributed by atoms with van der Waals surface area (Å²) in [6, 6.07) is 0. The number of carbonyl (C=O) groups is 1. The van der Waals surface area contributed by atoms with Crippen molar-refractivity contribution in [2.45, 2.75) is 137 Å². The van der Waals surface area contributed by atoms with Crippen molar-refractivity contribution in [3.63, 3.8) is 0 Å². The Labute approximate surface area is 262 Å². The van der Waals surface area contributed by atoms with Crippen LogP contribution in [0.15, 0.2) is 11.6 Å². The Hall–Kier alpha value is -0.880. The summed E-state index contributed by atoms with van der Waals surface area (Å²) in [5.74, 6) is 5.02. The Bertz CT molecular complexity index is 1000. The first-order valence-electron chi connectivity index (χ1n) is 17.6. The molecule has 248 valence electrons. The van der Waals surface area contributed by atoms with Gasteiger partial charge in [-0.1, -0.05) is 78.4 Å². The second-order valence-corrected chi connectivity index (χ2v) is 16.9. The van der Waals surface area contributed by atoms with Gasteiger partial charge in [0.2, 0.25) is 0 Å². The van der Waals surface area contributed by atoms with Crippen LogP contribution in [-0.2, 0) is 18.3 Å². The summed E-state index contributed by atoms with van der Waals surface area (Å²) in [7, 11) is -2.73. The summed E-state index contributed by atoms with van der Waals surface area (Å²) < 4.78 is 26.4. The molecule has 4 aliphatic rings. The third-order valence-corrected chi connectivity index (χ3v) is 13.3. The van der Waals surface area contributed by atoms with Crippen molar-refractivity contribution >= 4 is 13.9 Å². The summed E-state index contributed by atoms with van der Waals surface area (Å²) in [6.45, 7) is 13.2. The van der Waals surface area contributed by atoms with E-state index < -0.39 is 7.82 Å². The van der Waals surface area contributed by atoms with E-state index in [4.69, 9.17) is 9.26 Å². The topological polar surface area (TPSA) is 94.1 Å². The lowest BCUT2D eigenvalue weighted by molar-refractivity contribution is -0.0581. The zero-order chi connectivity index (χ0) is 31.3. The van der Waals surface area contributed by atoms with Gasteiger partial charge < -0.3 is 14.9 Å². The Kier molecular flexibility index (Phi) is 12.3. The fraction of sp³-hybridized carbons (Fsp3) is 0.914. The van der Waals surface area contributed by atoms with Gasteiger partial charge in [0.05, 0.1) is 6.61 Å². The summed E-state index contributed by atoms with van der Waals surface area (Å²) in [5, 5.41) is 2.93. The number of hydrogen-bond donors (Lipinski definition) is 2. The first-order chi connectivity index (χ1) is 20.4. The van der Waals surface area contributed by atoms with Crippen molar-refractivity contribution in [2.75, 3.05) is 20.3 Å². The summed E-state index contributed by atoms with van der Waals surface area (Å²) in [4.78, 5) is 21.8. The number of unbranched alkanes of at least 4 members (excludes halogenated alkanes) is 3. The number of phosphoric acid groups is 1. The van der Waals surface area contributed by atoms with E-state index in [2.05, 4.69) is 50.5 Å². The standard InChI is InChI=1S/C35H62NO6P/c1-25(2)12-11-13-26(3)30-16-17-31-29-15-14-27-24-28(18-20-34(27,4)32(29)19-21-35(30,31)5)42-33(37)36-22-9-7-8-10-23-41-43(38,39)40-6/h14,25-26,28-32H,7-13,15-24H2,1-6H3,(H,36,37)(H,38,39)/t26-,28+,29+,30-,31+,32+,34+,35-/m1/s1. The molecule has 1 unspecified atom stereocenters. The second kappa shape index (κ2) is 15.1. The molecule has 1 amide bonds. The molecule has 0 heterocycles. The van der Waals surface area contributed by atoms with Gasteiger partial charge in [-0.2, -0.15) is 0 Å². The highest BCUT2D eigenvalue weighted by atomic mass is 31.2. The largest absolute Gasteiger partial charge is 0.471 e. The fourth-order valence-electron chi connectivity index (χ4n) is 9.95. The van der Waals surface area contributed by atoms with Crippen LogP contribution >= 0.6 is 7.82 Å². The molecule has 0 aromatic heterocycles. The smallest absolute Gasteiger partial charge is 0.446 e. The zero-order valence-corrected chi connectivity index (χ0v) is 29.0. The van der Waals surface area contributed by atoms with Crippen LogP contribution in [0.4, 0.5) is 4.79 Å². The molecule has 0 aromatic carbocycles. The average Bonchev–Trinajstić information content (AvgIpc) is 3.31. The lowest BCUT2D eigenvalue weighted by Crippen LogP contribution is -2.51. The molecule has 2 N–H and O–H groups in total. The molecule has 0 radical (unpaired) electrons. The first kappa shape index (κ1) is 35.0. The quantitative estimate of drug-likeness (QED) is 0.107. The van der Waals surface area contributed by atoms with Gasteiger partial charge in [0, 0.05) is 20.1 Å². The molecule has 7 nitrogen and oxygen atoms in total. The summed E-state index contributed by atoms with van der Waals surface area (Å²) in [6.07, 6.45) is 19.5. The van der Waals surface area contributed by atoms with Crippen LogP contribution in [0.3, 0.4) is 0 Å². The van der Waals surface area contributed by atoms with Crippen LogP contribution in [0, 0.1) is 46.3 Å². The van der Waals surface area contributed by atoms with E-state index in [0.717, 1.165) is 81.1 Å². The molecule has 0 aromatic rings. The highest BCUT2D eigenvalue weighted by Crippen LogP contribution is 2.67. The Morgan fingerprint density at radius 3 is 2.53 bits per heavy atom. The Morgan fingerprint density at radius 1 is 1.02 bits per heavy atom. The molecule has 0 aliphatic heterocycles. The predicted octanol–water partition coefficient (Wildman–Crippen LogP) is 9.45. The first-order valence-corrected chi connectivity index (χ1v) is 19.1. The van der Waals surface area contributed by atoms with Gasteiger partial charge in [0.1, 0.15) is 6.10 Å². The van der Waals surface area contributed by atoms with E-state index in [0.29, 0.717) is 18.4 Å². The Balaban J connectivity index is 1.21. The molecule has 0 bridgehead atoms. The molecule has 43 heavy (non-hydrogen) atoms. The van der Waals surface area contributed by atoms with Crippen LogP contribution in [0.1, 0.15) is 131 Å². The molecule has 9 atom stereocenters. The van der Waals surface area contributed by atoms with Crippen LogP contribution in [-0.4, -0.2) is 37.4 Å².